The molecule has 2 heteroatoms. The Hall–Kier alpha value is -0.630. The van der Waals surface area contributed by atoms with Crippen LogP contribution in [0.1, 0.15) is 51.0 Å². The molecule has 1 aromatic rings. The zero-order valence-corrected chi connectivity index (χ0v) is 13.3. The quantitative estimate of drug-likeness (QED) is 0.507. The van der Waals surface area contributed by atoms with Gasteiger partial charge >= 0.3 is 0 Å². The molecule has 0 aromatic heterocycles. The van der Waals surface area contributed by atoms with Crippen LogP contribution in [0.5, 0.6) is 5.75 Å². The maximum Gasteiger partial charge on any atom is 0.118 e. The second kappa shape index (κ2) is 11.2. The summed E-state index contributed by atoms with van der Waals surface area (Å²) in [5, 5.41) is 0. The molecule has 0 amide bonds. The van der Waals surface area contributed by atoms with E-state index in [0.717, 1.165) is 5.75 Å². The van der Waals surface area contributed by atoms with Gasteiger partial charge in [0.25, 0.3) is 0 Å². The van der Waals surface area contributed by atoms with Crippen LogP contribution in [0.2, 0.25) is 0 Å². The summed E-state index contributed by atoms with van der Waals surface area (Å²) in [5.74, 6) is 3.51. The number of aryl methyl sites for hydroxylation is 1. The number of hydrogen-bond donors (Lipinski definition) is 0. The standard InChI is InChI=1S/C17H28OS/c1-3-4-5-6-7-8-14-19-15-13-16-9-11-17(18-2)12-10-16/h9-12H,3-8,13-15H2,1-2H3. The maximum absolute atomic E-state index is 5.16. The molecule has 0 spiro atoms. The Morgan fingerprint density at radius 3 is 2.26 bits per heavy atom. The minimum Gasteiger partial charge on any atom is -0.497 e. The Balaban J connectivity index is 1.95. The third-order valence-electron chi connectivity index (χ3n) is 3.34. The summed E-state index contributed by atoms with van der Waals surface area (Å²) < 4.78 is 5.16. The van der Waals surface area contributed by atoms with Crippen molar-refractivity contribution in [2.45, 2.75) is 51.9 Å². The topological polar surface area (TPSA) is 9.23 Å². The summed E-state index contributed by atoms with van der Waals surface area (Å²) in [6, 6.07) is 8.44. The van der Waals surface area contributed by atoms with E-state index in [4.69, 9.17) is 4.74 Å². The molecule has 0 aliphatic rings. The summed E-state index contributed by atoms with van der Waals surface area (Å²) >= 11 is 2.09. The van der Waals surface area contributed by atoms with Crippen molar-refractivity contribution < 1.29 is 4.74 Å². The number of benzene rings is 1. The van der Waals surface area contributed by atoms with E-state index < -0.39 is 0 Å². The largest absolute Gasteiger partial charge is 0.497 e. The lowest BCUT2D eigenvalue weighted by Gasteiger charge is -2.04. The van der Waals surface area contributed by atoms with Crippen LogP contribution >= 0.6 is 11.8 Å². The number of ether oxygens (including phenoxy) is 1. The lowest BCUT2D eigenvalue weighted by atomic mass is 10.1. The molecule has 1 rings (SSSR count). The molecule has 108 valence electrons. The fourth-order valence-electron chi connectivity index (χ4n) is 2.07. The van der Waals surface area contributed by atoms with E-state index in [0.29, 0.717) is 0 Å². The molecule has 0 N–H and O–H groups in total. The molecule has 0 heterocycles. The van der Waals surface area contributed by atoms with Crippen molar-refractivity contribution in [3.05, 3.63) is 29.8 Å². The van der Waals surface area contributed by atoms with Crippen molar-refractivity contribution >= 4 is 11.8 Å². The molecule has 1 nitrogen and oxygen atoms in total. The van der Waals surface area contributed by atoms with Crippen molar-refractivity contribution in [1.29, 1.82) is 0 Å². The van der Waals surface area contributed by atoms with Gasteiger partial charge < -0.3 is 4.74 Å². The molecule has 0 aliphatic carbocycles. The first-order valence-corrected chi connectivity index (χ1v) is 8.73. The Bertz CT molecular complexity index is 308. The smallest absolute Gasteiger partial charge is 0.118 e. The summed E-state index contributed by atoms with van der Waals surface area (Å²) in [7, 11) is 1.71. The van der Waals surface area contributed by atoms with Crippen LogP contribution in [0.4, 0.5) is 0 Å². The van der Waals surface area contributed by atoms with Crippen LogP contribution in [-0.4, -0.2) is 18.6 Å². The number of methoxy groups -OCH3 is 1. The number of hydrogen-bond acceptors (Lipinski definition) is 2. The van der Waals surface area contributed by atoms with Gasteiger partial charge in [0.15, 0.2) is 0 Å². The van der Waals surface area contributed by atoms with Gasteiger partial charge in [-0.15, -0.1) is 0 Å². The van der Waals surface area contributed by atoms with Gasteiger partial charge in [-0.1, -0.05) is 51.2 Å². The first kappa shape index (κ1) is 16.4. The van der Waals surface area contributed by atoms with Crippen LogP contribution in [0.25, 0.3) is 0 Å². The fraction of sp³-hybridized carbons (Fsp3) is 0.647. The van der Waals surface area contributed by atoms with E-state index in [1.54, 1.807) is 7.11 Å². The van der Waals surface area contributed by atoms with Gasteiger partial charge in [0.1, 0.15) is 5.75 Å². The molecule has 0 radical (unpaired) electrons. The Labute approximate surface area is 123 Å². The van der Waals surface area contributed by atoms with Gasteiger partial charge in [0.2, 0.25) is 0 Å². The summed E-state index contributed by atoms with van der Waals surface area (Å²) in [4.78, 5) is 0. The van der Waals surface area contributed by atoms with Gasteiger partial charge in [-0.3, -0.25) is 0 Å². The van der Waals surface area contributed by atoms with E-state index in [2.05, 4.69) is 30.8 Å². The molecule has 0 saturated carbocycles. The van der Waals surface area contributed by atoms with E-state index in [9.17, 15) is 0 Å². The zero-order valence-electron chi connectivity index (χ0n) is 12.5. The highest BCUT2D eigenvalue weighted by Gasteiger charge is 1.96. The van der Waals surface area contributed by atoms with Gasteiger partial charge in [-0.05, 0) is 42.0 Å². The highest BCUT2D eigenvalue weighted by atomic mass is 32.2. The molecule has 0 atom stereocenters. The molecular formula is C17H28OS. The van der Waals surface area contributed by atoms with Crippen LogP contribution in [0.15, 0.2) is 24.3 Å². The number of unbranched alkanes of at least 4 members (excludes halogenated alkanes) is 5. The fourth-order valence-corrected chi connectivity index (χ4v) is 3.06. The average Bonchev–Trinajstić information content (AvgIpc) is 2.46. The first-order chi connectivity index (χ1) is 9.36. The first-order valence-electron chi connectivity index (χ1n) is 7.57. The Kier molecular flexibility index (Phi) is 9.70. The van der Waals surface area contributed by atoms with E-state index in [-0.39, 0.29) is 0 Å². The Morgan fingerprint density at radius 1 is 0.895 bits per heavy atom. The molecular weight excluding hydrogens is 252 g/mol. The monoisotopic (exact) mass is 280 g/mol. The van der Waals surface area contributed by atoms with Crippen LogP contribution in [0.3, 0.4) is 0 Å². The lowest BCUT2D eigenvalue weighted by Crippen LogP contribution is -1.91. The maximum atomic E-state index is 5.16. The highest BCUT2D eigenvalue weighted by molar-refractivity contribution is 7.99. The highest BCUT2D eigenvalue weighted by Crippen LogP contribution is 2.14. The van der Waals surface area contributed by atoms with Crippen molar-refractivity contribution in [3.63, 3.8) is 0 Å². The summed E-state index contributed by atoms with van der Waals surface area (Å²) in [5.41, 5.74) is 1.41. The SMILES string of the molecule is CCCCCCCCSCCc1ccc(OC)cc1. The van der Waals surface area contributed by atoms with Gasteiger partial charge in [0.05, 0.1) is 7.11 Å². The van der Waals surface area contributed by atoms with Gasteiger partial charge in [0, 0.05) is 0 Å². The minimum atomic E-state index is 0.948. The van der Waals surface area contributed by atoms with Gasteiger partial charge in [-0.2, -0.15) is 11.8 Å². The van der Waals surface area contributed by atoms with Crippen LogP contribution in [-0.2, 0) is 6.42 Å². The third kappa shape index (κ3) is 8.20. The molecule has 0 bridgehead atoms. The Morgan fingerprint density at radius 2 is 1.58 bits per heavy atom. The lowest BCUT2D eigenvalue weighted by molar-refractivity contribution is 0.414. The van der Waals surface area contributed by atoms with Crippen molar-refractivity contribution in [2.24, 2.45) is 0 Å². The summed E-state index contributed by atoms with van der Waals surface area (Å²) in [6.45, 7) is 2.27. The van der Waals surface area contributed by atoms with E-state index in [1.807, 2.05) is 12.1 Å². The zero-order chi connectivity index (χ0) is 13.8. The van der Waals surface area contributed by atoms with Crippen LogP contribution in [0, 0.1) is 0 Å². The minimum absolute atomic E-state index is 0.948. The van der Waals surface area contributed by atoms with Crippen molar-refractivity contribution in [3.8, 4) is 5.75 Å². The predicted octanol–water partition coefficient (Wildman–Crippen LogP) is 5.33. The van der Waals surface area contributed by atoms with E-state index >= 15 is 0 Å². The van der Waals surface area contributed by atoms with Gasteiger partial charge in [-0.25, -0.2) is 0 Å². The third-order valence-corrected chi connectivity index (χ3v) is 4.41. The predicted molar refractivity (Wildman–Crippen MR) is 87.4 cm³/mol. The molecule has 0 unspecified atom stereocenters. The van der Waals surface area contributed by atoms with Crippen molar-refractivity contribution in [1.82, 2.24) is 0 Å². The molecule has 0 fully saturated rings. The molecule has 1 aromatic carbocycles. The number of thioether (sulfide) groups is 1. The average molecular weight is 280 g/mol. The van der Waals surface area contributed by atoms with Crippen molar-refractivity contribution in [2.75, 3.05) is 18.6 Å². The number of rotatable bonds is 11. The van der Waals surface area contributed by atoms with Crippen LogP contribution < -0.4 is 4.74 Å². The molecule has 19 heavy (non-hydrogen) atoms. The van der Waals surface area contributed by atoms with E-state index in [1.165, 1.54) is 62.0 Å². The second-order valence-electron chi connectivity index (χ2n) is 4.98. The second-order valence-corrected chi connectivity index (χ2v) is 6.20. The normalized spacial score (nSPS) is 10.6. The summed E-state index contributed by atoms with van der Waals surface area (Å²) in [6.07, 6.45) is 9.57. The molecule has 0 saturated heterocycles. The molecule has 0 aliphatic heterocycles.